The van der Waals surface area contributed by atoms with Crippen LogP contribution in [0.4, 0.5) is 5.95 Å². The van der Waals surface area contributed by atoms with E-state index in [0.29, 0.717) is 22.8 Å². The van der Waals surface area contributed by atoms with Gasteiger partial charge in [-0.05, 0) is 34.3 Å². The van der Waals surface area contributed by atoms with Crippen LogP contribution in [0.3, 0.4) is 0 Å². The largest absolute Gasteiger partial charge is 0.394 e. The molecule has 1 atom stereocenters. The van der Waals surface area contributed by atoms with E-state index < -0.39 is 0 Å². The van der Waals surface area contributed by atoms with Crippen LogP contribution in [0.1, 0.15) is 26.3 Å². The molecule has 0 radical (unpaired) electrons. The minimum atomic E-state index is -0.107. The molecular weight excluding hydrogens is 452 g/mol. The lowest BCUT2D eigenvalue weighted by Crippen LogP contribution is -2.42. The number of hydrogen-bond donors (Lipinski definition) is 4. The third-order valence-corrected chi connectivity index (χ3v) is 5.63. The summed E-state index contributed by atoms with van der Waals surface area (Å²) >= 11 is 5.02. The minimum Gasteiger partial charge on any atom is -0.394 e. The van der Waals surface area contributed by atoms with Gasteiger partial charge in [-0.15, -0.1) is 5.10 Å². The van der Waals surface area contributed by atoms with E-state index in [2.05, 4.69) is 65.4 Å². The predicted molar refractivity (Wildman–Crippen MR) is 123 cm³/mol. The molecule has 0 saturated heterocycles. The van der Waals surface area contributed by atoms with Gasteiger partial charge in [0, 0.05) is 5.75 Å². The maximum absolute atomic E-state index is 9.59. The topological polar surface area (TPSA) is 98.2 Å². The minimum absolute atomic E-state index is 0.0144. The molecule has 1 unspecified atom stereocenters. The number of halogens is 1. The zero-order valence-corrected chi connectivity index (χ0v) is 19.2. The van der Waals surface area contributed by atoms with Crippen molar-refractivity contribution < 1.29 is 5.11 Å². The van der Waals surface area contributed by atoms with Crippen LogP contribution >= 0.6 is 27.7 Å². The summed E-state index contributed by atoms with van der Waals surface area (Å²) in [5, 5.41) is 23.8. The highest BCUT2D eigenvalue weighted by Crippen LogP contribution is 2.20. The predicted octanol–water partition coefficient (Wildman–Crippen LogP) is 4.09. The van der Waals surface area contributed by atoms with Crippen molar-refractivity contribution in [2.45, 2.75) is 37.7 Å². The first-order chi connectivity index (χ1) is 13.9. The van der Waals surface area contributed by atoms with Crippen molar-refractivity contribution in [2.75, 3.05) is 6.61 Å². The summed E-state index contributed by atoms with van der Waals surface area (Å²) in [5.41, 5.74) is 1.21. The molecule has 29 heavy (non-hydrogen) atoms. The number of nitrogens with zero attached hydrogens (tertiary/aromatic N) is 3. The molecule has 0 saturated carbocycles. The lowest BCUT2D eigenvalue weighted by atomic mass is 10.1. The second-order valence-electron chi connectivity index (χ2n) is 6.64. The molecule has 156 valence electrons. The van der Waals surface area contributed by atoms with Crippen LogP contribution in [0.15, 0.2) is 63.4 Å². The van der Waals surface area contributed by atoms with E-state index >= 15 is 0 Å². The molecular formula is C20H27BrN6OS. The average molecular weight is 479 g/mol. The van der Waals surface area contributed by atoms with Gasteiger partial charge in [0.25, 0.3) is 0 Å². The standard InChI is InChI=1S/C20H27BrN6OS/c1-5-16(21)18(24-17(11-28)13(2)3)22-14(4)23-19-25-20(27-26-19)29-12-15-9-7-6-8-10-15/h5-10,13,17,24,28H,1,11-12H2,2-4H3,(H2,22,23,25,26,27)/b18-16-. The van der Waals surface area contributed by atoms with E-state index in [-0.39, 0.29) is 18.6 Å². The van der Waals surface area contributed by atoms with Gasteiger partial charge < -0.3 is 15.7 Å². The van der Waals surface area contributed by atoms with Crippen molar-refractivity contribution in [3.05, 3.63) is 58.9 Å². The van der Waals surface area contributed by atoms with Crippen molar-refractivity contribution in [1.29, 1.82) is 0 Å². The highest BCUT2D eigenvalue weighted by molar-refractivity contribution is 9.11. The number of benzene rings is 1. The van der Waals surface area contributed by atoms with Crippen LogP contribution in [-0.4, -0.2) is 38.8 Å². The Morgan fingerprint density at radius 3 is 2.72 bits per heavy atom. The zero-order valence-electron chi connectivity index (χ0n) is 16.8. The van der Waals surface area contributed by atoms with Gasteiger partial charge in [-0.3, -0.25) is 0 Å². The number of amidine groups is 1. The van der Waals surface area contributed by atoms with Gasteiger partial charge in [0.05, 0.1) is 17.1 Å². The van der Waals surface area contributed by atoms with Crippen LogP contribution in [0.25, 0.3) is 0 Å². The number of allylic oxidation sites excluding steroid dienone is 2. The van der Waals surface area contributed by atoms with E-state index in [9.17, 15) is 5.11 Å². The van der Waals surface area contributed by atoms with E-state index in [1.807, 2.05) is 39.0 Å². The number of thioether (sulfide) groups is 1. The summed E-state index contributed by atoms with van der Waals surface area (Å²) in [7, 11) is 0. The first kappa shape index (κ1) is 23.2. The molecule has 9 heteroatoms. The van der Waals surface area contributed by atoms with Crippen molar-refractivity contribution in [1.82, 2.24) is 25.8 Å². The molecule has 0 amide bonds. The van der Waals surface area contributed by atoms with Crippen molar-refractivity contribution in [2.24, 2.45) is 10.9 Å². The van der Waals surface area contributed by atoms with Crippen LogP contribution < -0.4 is 10.6 Å². The fourth-order valence-electron chi connectivity index (χ4n) is 2.32. The summed E-state index contributed by atoms with van der Waals surface area (Å²) in [6.07, 6.45) is 1.67. The number of H-pyrrole nitrogens is 1. The van der Waals surface area contributed by atoms with Gasteiger partial charge in [0.1, 0.15) is 11.7 Å². The molecule has 1 heterocycles. The molecule has 0 aliphatic carbocycles. The van der Waals surface area contributed by atoms with Gasteiger partial charge in [-0.2, -0.15) is 9.98 Å². The van der Waals surface area contributed by atoms with Crippen LogP contribution in [0, 0.1) is 5.92 Å². The van der Waals surface area contributed by atoms with Crippen LogP contribution in [-0.2, 0) is 5.75 Å². The van der Waals surface area contributed by atoms with E-state index in [1.165, 1.54) is 5.56 Å². The molecule has 0 aliphatic rings. The summed E-state index contributed by atoms with van der Waals surface area (Å²) in [4.78, 5) is 8.84. The van der Waals surface area contributed by atoms with Gasteiger partial charge >= 0.3 is 0 Å². The maximum atomic E-state index is 9.59. The van der Waals surface area contributed by atoms with Gasteiger partial charge in [-0.25, -0.2) is 5.10 Å². The van der Waals surface area contributed by atoms with Crippen molar-refractivity contribution >= 4 is 39.5 Å². The van der Waals surface area contributed by atoms with Crippen molar-refractivity contribution in [3.8, 4) is 0 Å². The summed E-state index contributed by atoms with van der Waals surface area (Å²) in [6, 6.07) is 10.1. The number of aliphatic hydroxyl groups excluding tert-OH is 1. The molecule has 0 fully saturated rings. The van der Waals surface area contributed by atoms with Gasteiger partial charge in [0.15, 0.2) is 0 Å². The fraction of sp³-hybridized carbons (Fsp3) is 0.350. The summed E-state index contributed by atoms with van der Waals surface area (Å²) in [5.74, 6) is 2.74. The fourth-order valence-corrected chi connectivity index (χ4v) is 3.28. The number of aliphatic hydroxyl groups is 1. The number of rotatable bonds is 10. The van der Waals surface area contributed by atoms with Crippen LogP contribution in [0.2, 0.25) is 0 Å². The molecule has 1 aromatic carbocycles. The Bertz CT molecular complexity index is 850. The molecule has 1 aromatic heterocycles. The Hall–Kier alpha value is -2.10. The SMILES string of the molecule is C=C/C(Br)=C(\N/C(C)=N\c1nc(SCc2ccccc2)n[nH]1)NC(CO)C(C)C. The third kappa shape index (κ3) is 7.68. The number of aliphatic imine (C=N–C) groups is 1. The van der Waals surface area contributed by atoms with Gasteiger partial charge in [0.2, 0.25) is 11.1 Å². The molecule has 7 nitrogen and oxygen atoms in total. The Balaban J connectivity index is 2.03. The van der Waals surface area contributed by atoms with Crippen molar-refractivity contribution in [3.63, 3.8) is 0 Å². The lowest BCUT2D eigenvalue weighted by Gasteiger charge is -2.24. The number of hydrogen-bond acceptors (Lipinski definition) is 6. The number of aromatic nitrogens is 3. The quantitative estimate of drug-likeness (QED) is 0.177. The normalized spacial score (nSPS) is 13.8. The van der Waals surface area contributed by atoms with Gasteiger partial charge in [-0.1, -0.05) is 68.6 Å². The first-order valence-electron chi connectivity index (χ1n) is 9.24. The number of nitrogens with one attached hydrogen (secondary N) is 3. The highest BCUT2D eigenvalue weighted by Gasteiger charge is 2.15. The Labute approximate surface area is 184 Å². The second kappa shape index (κ2) is 11.8. The number of aromatic amines is 1. The average Bonchev–Trinajstić information content (AvgIpc) is 3.16. The lowest BCUT2D eigenvalue weighted by molar-refractivity contribution is 0.218. The molecule has 0 aliphatic heterocycles. The summed E-state index contributed by atoms with van der Waals surface area (Å²) < 4.78 is 0.739. The van der Waals surface area contributed by atoms with E-state index in [1.54, 1.807) is 17.8 Å². The molecule has 0 spiro atoms. The maximum Gasteiger partial charge on any atom is 0.247 e. The molecule has 2 aromatic rings. The first-order valence-corrected chi connectivity index (χ1v) is 11.0. The molecule has 0 bridgehead atoms. The van der Waals surface area contributed by atoms with E-state index in [4.69, 9.17) is 0 Å². The van der Waals surface area contributed by atoms with Crippen LogP contribution in [0.5, 0.6) is 0 Å². The Kier molecular flexibility index (Phi) is 9.43. The highest BCUT2D eigenvalue weighted by atomic mass is 79.9. The smallest absolute Gasteiger partial charge is 0.247 e. The van der Waals surface area contributed by atoms with E-state index in [0.717, 1.165) is 10.2 Å². The zero-order chi connectivity index (χ0) is 21.2. The summed E-state index contributed by atoms with van der Waals surface area (Å²) in [6.45, 7) is 9.70. The monoisotopic (exact) mass is 478 g/mol. The Morgan fingerprint density at radius 1 is 1.38 bits per heavy atom. The second-order valence-corrected chi connectivity index (χ2v) is 8.44. The molecule has 2 rings (SSSR count). The molecule has 4 N–H and O–H groups in total. The third-order valence-electron chi connectivity index (χ3n) is 3.99. The Morgan fingerprint density at radius 2 is 2.10 bits per heavy atom.